The van der Waals surface area contributed by atoms with E-state index in [0.717, 1.165) is 40.4 Å². The normalized spacial score (nSPS) is 14.0. The zero-order valence-electron chi connectivity index (χ0n) is 13.7. The van der Waals surface area contributed by atoms with E-state index >= 15 is 0 Å². The van der Waals surface area contributed by atoms with Gasteiger partial charge in [0.15, 0.2) is 0 Å². The molecule has 124 valence electrons. The number of aryl methyl sites for hydroxylation is 3. The van der Waals surface area contributed by atoms with Crippen LogP contribution in [-0.4, -0.2) is 9.97 Å². The number of thioether (sulfide) groups is 1. The highest BCUT2D eigenvalue weighted by atomic mass is 32.2. The van der Waals surface area contributed by atoms with Gasteiger partial charge in [-0.3, -0.25) is 4.79 Å². The Balaban J connectivity index is 1.52. The number of benzene rings is 1. The van der Waals surface area contributed by atoms with Crippen molar-refractivity contribution in [2.24, 2.45) is 0 Å². The summed E-state index contributed by atoms with van der Waals surface area (Å²) in [5.74, 6) is 2.47. The van der Waals surface area contributed by atoms with E-state index in [1.807, 2.05) is 0 Å². The molecule has 1 aliphatic carbocycles. The van der Waals surface area contributed by atoms with Gasteiger partial charge in [-0.1, -0.05) is 29.8 Å². The van der Waals surface area contributed by atoms with E-state index in [2.05, 4.69) is 36.2 Å². The molecule has 0 aliphatic heterocycles. The molecular weight excluding hydrogens is 336 g/mol. The third-order valence-corrected chi connectivity index (χ3v) is 6.70. The minimum Gasteiger partial charge on any atom is -0.309 e. The number of nitrogens with one attached hydrogen (secondary N) is 1. The maximum atomic E-state index is 12.5. The minimum atomic E-state index is 0.0466. The monoisotopic (exact) mass is 356 g/mol. The first-order valence-electron chi connectivity index (χ1n) is 8.37. The molecule has 4 rings (SSSR count). The lowest BCUT2D eigenvalue weighted by atomic mass is 9.97. The molecule has 0 spiro atoms. The topological polar surface area (TPSA) is 45.8 Å². The Bertz CT molecular complexity index is 925. The van der Waals surface area contributed by atoms with Crippen LogP contribution >= 0.6 is 23.1 Å². The highest BCUT2D eigenvalue weighted by molar-refractivity contribution is 7.97. The molecule has 0 fully saturated rings. The third kappa shape index (κ3) is 3.15. The Hall–Kier alpha value is -1.59. The van der Waals surface area contributed by atoms with Crippen molar-refractivity contribution in [2.45, 2.75) is 44.1 Å². The van der Waals surface area contributed by atoms with Crippen molar-refractivity contribution in [3.8, 4) is 0 Å². The van der Waals surface area contributed by atoms with Gasteiger partial charge in [0, 0.05) is 10.6 Å². The molecule has 1 aliphatic rings. The quantitative estimate of drug-likeness (QED) is 0.743. The predicted octanol–water partition coefficient (Wildman–Crippen LogP) is 4.61. The molecule has 24 heavy (non-hydrogen) atoms. The lowest BCUT2D eigenvalue weighted by molar-refractivity contribution is 0.700. The Morgan fingerprint density at radius 1 is 1.17 bits per heavy atom. The van der Waals surface area contributed by atoms with Gasteiger partial charge in [0.1, 0.15) is 10.7 Å². The third-order valence-electron chi connectivity index (χ3n) is 4.50. The van der Waals surface area contributed by atoms with Crippen LogP contribution in [0.2, 0.25) is 0 Å². The van der Waals surface area contributed by atoms with Gasteiger partial charge in [0.2, 0.25) is 0 Å². The first-order valence-corrected chi connectivity index (χ1v) is 10.3. The highest BCUT2D eigenvalue weighted by Crippen LogP contribution is 2.33. The fraction of sp³-hybridized carbons (Fsp3) is 0.368. The largest absolute Gasteiger partial charge is 0.309 e. The molecular formula is C19H20N2OS2. The van der Waals surface area contributed by atoms with Crippen molar-refractivity contribution in [3.63, 3.8) is 0 Å². The molecule has 1 N–H and O–H groups in total. The number of rotatable bonds is 4. The number of H-pyrrole nitrogens is 1. The van der Waals surface area contributed by atoms with Crippen molar-refractivity contribution in [2.75, 3.05) is 0 Å². The van der Waals surface area contributed by atoms with Crippen LogP contribution < -0.4 is 5.56 Å². The van der Waals surface area contributed by atoms with E-state index in [1.165, 1.54) is 34.4 Å². The Morgan fingerprint density at radius 2 is 1.96 bits per heavy atom. The summed E-state index contributed by atoms with van der Waals surface area (Å²) in [7, 11) is 0. The summed E-state index contributed by atoms with van der Waals surface area (Å²) in [4.78, 5) is 22.5. The molecule has 2 heterocycles. The summed E-state index contributed by atoms with van der Waals surface area (Å²) in [6.45, 7) is 2.10. The van der Waals surface area contributed by atoms with E-state index in [9.17, 15) is 4.79 Å². The van der Waals surface area contributed by atoms with Gasteiger partial charge < -0.3 is 4.98 Å². The van der Waals surface area contributed by atoms with E-state index in [0.29, 0.717) is 0 Å². The van der Waals surface area contributed by atoms with Crippen LogP contribution in [-0.2, 0) is 24.3 Å². The summed E-state index contributed by atoms with van der Waals surface area (Å²) in [6, 6.07) is 8.60. The summed E-state index contributed by atoms with van der Waals surface area (Å²) in [5, 5.41) is 0.849. The van der Waals surface area contributed by atoms with Crippen LogP contribution in [0, 0.1) is 6.92 Å². The molecule has 0 unspecified atom stereocenters. The van der Waals surface area contributed by atoms with Crippen molar-refractivity contribution >= 4 is 33.3 Å². The van der Waals surface area contributed by atoms with Crippen LogP contribution in [0.5, 0.6) is 0 Å². The van der Waals surface area contributed by atoms with Gasteiger partial charge >= 0.3 is 0 Å². The van der Waals surface area contributed by atoms with Crippen LogP contribution in [0.1, 0.15) is 40.2 Å². The number of fused-ring (bicyclic) bond motifs is 3. The average Bonchev–Trinajstić information content (AvgIpc) is 2.95. The molecule has 0 bridgehead atoms. The van der Waals surface area contributed by atoms with Gasteiger partial charge in [-0.05, 0) is 43.7 Å². The van der Waals surface area contributed by atoms with Crippen LogP contribution in [0.4, 0.5) is 0 Å². The smallest absolute Gasteiger partial charge is 0.259 e. The lowest BCUT2D eigenvalue weighted by Gasteiger charge is -2.09. The van der Waals surface area contributed by atoms with E-state index in [1.54, 1.807) is 23.1 Å². The molecule has 0 saturated heterocycles. The summed E-state index contributed by atoms with van der Waals surface area (Å²) < 4.78 is 0. The van der Waals surface area contributed by atoms with Crippen molar-refractivity contribution in [1.82, 2.24) is 9.97 Å². The molecule has 2 aromatic heterocycles. The average molecular weight is 357 g/mol. The van der Waals surface area contributed by atoms with Gasteiger partial charge in [0.25, 0.3) is 5.56 Å². The van der Waals surface area contributed by atoms with Crippen molar-refractivity contribution in [1.29, 1.82) is 0 Å². The number of hydrogen-bond donors (Lipinski definition) is 1. The van der Waals surface area contributed by atoms with Crippen LogP contribution in [0.15, 0.2) is 29.1 Å². The van der Waals surface area contributed by atoms with Gasteiger partial charge in [-0.25, -0.2) is 4.98 Å². The molecule has 0 saturated carbocycles. The zero-order valence-corrected chi connectivity index (χ0v) is 15.4. The predicted molar refractivity (Wildman–Crippen MR) is 103 cm³/mol. The Morgan fingerprint density at radius 3 is 2.79 bits per heavy atom. The zero-order chi connectivity index (χ0) is 16.5. The van der Waals surface area contributed by atoms with E-state index in [-0.39, 0.29) is 5.56 Å². The second-order valence-corrected chi connectivity index (χ2v) is 8.45. The Kier molecular flexibility index (Phi) is 4.46. The van der Waals surface area contributed by atoms with Crippen LogP contribution in [0.25, 0.3) is 10.2 Å². The maximum absolute atomic E-state index is 12.5. The molecule has 3 aromatic rings. The summed E-state index contributed by atoms with van der Waals surface area (Å²) >= 11 is 3.51. The number of hydrogen-bond acceptors (Lipinski definition) is 4. The van der Waals surface area contributed by atoms with Gasteiger partial charge in [-0.2, -0.15) is 0 Å². The number of thiophene rings is 1. The molecule has 0 amide bonds. The van der Waals surface area contributed by atoms with E-state index in [4.69, 9.17) is 4.98 Å². The number of aromatic nitrogens is 2. The molecule has 5 heteroatoms. The summed E-state index contributed by atoms with van der Waals surface area (Å²) in [5.41, 5.74) is 3.89. The van der Waals surface area contributed by atoms with Crippen molar-refractivity contribution < 1.29 is 0 Å². The second kappa shape index (κ2) is 6.73. The fourth-order valence-corrected chi connectivity index (χ4v) is 5.37. The van der Waals surface area contributed by atoms with Crippen molar-refractivity contribution in [3.05, 3.63) is 62.0 Å². The Labute approximate surface area is 149 Å². The standard InChI is InChI=1S/C19H20N2OS2/c1-12-6-8-13(9-7-12)10-23-11-16-20-18(22)17-14-4-2-3-5-15(14)24-19(17)21-16/h6-9H,2-5,10-11H2,1H3,(H,20,21,22). The van der Waals surface area contributed by atoms with Gasteiger partial charge in [-0.15, -0.1) is 23.1 Å². The fourth-order valence-electron chi connectivity index (χ4n) is 3.23. The first kappa shape index (κ1) is 15.9. The lowest BCUT2D eigenvalue weighted by Crippen LogP contribution is -2.12. The first-order chi connectivity index (χ1) is 11.7. The molecule has 1 aromatic carbocycles. The second-order valence-electron chi connectivity index (χ2n) is 6.38. The SMILES string of the molecule is Cc1ccc(CSCc2nc3sc4c(c3c(=O)[nH]2)CCCC4)cc1. The summed E-state index contributed by atoms with van der Waals surface area (Å²) in [6.07, 6.45) is 4.55. The highest BCUT2D eigenvalue weighted by Gasteiger charge is 2.19. The molecule has 0 atom stereocenters. The van der Waals surface area contributed by atoms with E-state index < -0.39 is 0 Å². The maximum Gasteiger partial charge on any atom is 0.259 e. The molecule has 0 radical (unpaired) electrons. The molecule has 3 nitrogen and oxygen atoms in total. The minimum absolute atomic E-state index is 0.0466. The van der Waals surface area contributed by atoms with Gasteiger partial charge in [0.05, 0.1) is 11.1 Å². The van der Waals surface area contributed by atoms with Crippen LogP contribution in [0.3, 0.4) is 0 Å². The number of aromatic amines is 1. The number of nitrogens with zero attached hydrogens (tertiary/aromatic N) is 1.